The van der Waals surface area contributed by atoms with Gasteiger partial charge in [-0.3, -0.25) is 4.79 Å². The van der Waals surface area contributed by atoms with Crippen LogP contribution in [0.25, 0.3) is 0 Å². The van der Waals surface area contributed by atoms with E-state index in [1.807, 2.05) is 24.3 Å². The number of halogens is 1. The summed E-state index contributed by atoms with van der Waals surface area (Å²) in [5, 5.41) is 0. The van der Waals surface area contributed by atoms with Gasteiger partial charge in [-0.2, -0.15) is 0 Å². The predicted molar refractivity (Wildman–Crippen MR) is 84.7 cm³/mol. The summed E-state index contributed by atoms with van der Waals surface area (Å²) in [6, 6.07) is 13.2. The second kappa shape index (κ2) is 6.23. The third-order valence-electron chi connectivity index (χ3n) is 3.26. The lowest BCUT2D eigenvalue weighted by Gasteiger charge is -2.08. The summed E-state index contributed by atoms with van der Waals surface area (Å²) < 4.78 is 5.88. The maximum absolute atomic E-state index is 12.5. The first-order valence-corrected chi connectivity index (χ1v) is 7.30. The van der Waals surface area contributed by atoms with Crippen LogP contribution in [0.1, 0.15) is 41.3 Å². The first-order chi connectivity index (χ1) is 9.52. The smallest absolute Gasteiger partial charge is 0.194 e. The van der Waals surface area contributed by atoms with E-state index in [0.29, 0.717) is 17.0 Å². The Morgan fingerprint density at radius 1 is 1.10 bits per heavy atom. The van der Waals surface area contributed by atoms with Crippen molar-refractivity contribution in [3.8, 4) is 5.75 Å². The fourth-order valence-electron chi connectivity index (χ4n) is 1.98. The fraction of sp³-hybridized carbons (Fsp3) is 0.235. The predicted octanol–water partition coefficient (Wildman–Crippen LogP) is 4.81. The summed E-state index contributed by atoms with van der Waals surface area (Å²) in [5.41, 5.74) is 2.57. The molecule has 0 unspecified atom stereocenters. The molecule has 20 heavy (non-hydrogen) atoms. The Morgan fingerprint density at radius 2 is 1.75 bits per heavy atom. The molecule has 0 spiro atoms. The molecule has 0 aliphatic carbocycles. The van der Waals surface area contributed by atoms with Crippen molar-refractivity contribution in [2.75, 3.05) is 7.11 Å². The molecule has 0 N–H and O–H groups in total. The number of rotatable bonds is 4. The molecule has 0 fully saturated rings. The lowest BCUT2D eigenvalue weighted by Crippen LogP contribution is -2.03. The molecule has 0 aliphatic rings. The van der Waals surface area contributed by atoms with Gasteiger partial charge >= 0.3 is 0 Å². The summed E-state index contributed by atoms with van der Waals surface area (Å²) in [4.78, 5) is 12.5. The van der Waals surface area contributed by atoms with Crippen LogP contribution in [-0.4, -0.2) is 12.9 Å². The molecular formula is C17H17BrO2. The summed E-state index contributed by atoms with van der Waals surface area (Å²) in [6.45, 7) is 4.27. The molecule has 0 atom stereocenters. The van der Waals surface area contributed by atoms with Gasteiger partial charge < -0.3 is 4.74 Å². The van der Waals surface area contributed by atoms with Crippen molar-refractivity contribution in [1.29, 1.82) is 0 Å². The first-order valence-electron chi connectivity index (χ1n) is 6.51. The molecule has 2 rings (SSSR count). The van der Waals surface area contributed by atoms with Crippen LogP contribution in [0.4, 0.5) is 0 Å². The van der Waals surface area contributed by atoms with Crippen LogP contribution in [-0.2, 0) is 0 Å². The molecule has 0 bridgehead atoms. The Morgan fingerprint density at radius 3 is 2.25 bits per heavy atom. The van der Waals surface area contributed by atoms with Crippen LogP contribution in [0, 0.1) is 0 Å². The van der Waals surface area contributed by atoms with Crippen molar-refractivity contribution >= 4 is 21.7 Å². The van der Waals surface area contributed by atoms with Gasteiger partial charge in [0.05, 0.1) is 7.11 Å². The highest BCUT2D eigenvalue weighted by molar-refractivity contribution is 9.10. The second-order valence-corrected chi connectivity index (χ2v) is 5.81. The Bertz CT molecular complexity index is 615. The molecule has 2 aromatic carbocycles. The molecule has 0 aliphatic heterocycles. The number of ether oxygens (including phenoxy) is 1. The van der Waals surface area contributed by atoms with E-state index in [0.717, 1.165) is 10.2 Å². The number of ketones is 1. The molecule has 0 radical (unpaired) electrons. The topological polar surface area (TPSA) is 26.3 Å². The van der Waals surface area contributed by atoms with Gasteiger partial charge in [0.1, 0.15) is 5.75 Å². The number of hydrogen-bond acceptors (Lipinski definition) is 2. The van der Waals surface area contributed by atoms with E-state index in [1.165, 1.54) is 5.56 Å². The van der Waals surface area contributed by atoms with Gasteiger partial charge in [0.2, 0.25) is 0 Å². The van der Waals surface area contributed by atoms with Gasteiger partial charge in [0.25, 0.3) is 0 Å². The minimum atomic E-state index is 0.00911. The van der Waals surface area contributed by atoms with Crippen molar-refractivity contribution in [3.63, 3.8) is 0 Å². The Hall–Kier alpha value is -1.61. The summed E-state index contributed by atoms with van der Waals surface area (Å²) in [6.07, 6.45) is 0. The monoisotopic (exact) mass is 332 g/mol. The van der Waals surface area contributed by atoms with Crippen LogP contribution in [0.3, 0.4) is 0 Å². The molecule has 0 saturated heterocycles. The van der Waals surface area contributed by atoms with E-state index in [1.54, 1.807) is 25.3 Å². The summed E-state index contributed by atoms with van der Waals surface area (Å²) in [7, 11) is 1.61. The first kappa shape index (κ1) is 14.8. The zero-order valence-corrected chi connectivity index (χ0v) is 13.4. The minimum absolute atomic E-state index is 0.00911. The van der Waals surface area contributed by atoms with Crippen molar-refractivity contribution in [2.45, 2.75) is 19.8 Å². The largest absolute Gasteiger partial charge is 0.497 e. The van der Waals surface area contributed by atoms with Crippen LogP contribution in [0.5, 0.6) is 5.75 Å². The van der Waals surface area contributed by atoms with Gasteiger partial charge in [-0.05, 0) is 45.6 Å². The molecular weight excluding hydrogens is 316 g/mol. The van der Waals surface area contributed by atoms with Crippen molar-refractivity contribution in [1.82, 2.24) is 0 Å². The van der Waals surface area contributed by atoms with Crippen LogP contribution >= 0.6 is 15.9 Å². The lowest BCUT2D eigenvalue weighted by molar-refractivity contribution is 0.103. The van der Waals surface area contributed by atoms with Gasteiger partial charge in [0, 0.05) is 15.6 Å². The number of benzene rings is 2. The van der Waals surface area contributed by atoms with Crippen molar-refractivity contribution in [3.05, 3.63) is 63.6 Å². The number of methoxy groups -OCH3 is 1. The number of hydrogen-bond donors (Lipinski definition) is 0. The highest BCUT2D eigenvalue weighted by Gasteiger charge is 2.13. The quantitative estimate of drug-likeness (QED) is 0.751. The van der Waals surface area contributed by atoms with Gasteiger partial charge in [-0.15, -0.1) is 0 Å². The fourth-order valence-corrected chi connectivity index (χ4v) is 2.52. The normalized spacial score (nSPS) is 10.7. The number of carbonyl (C=O) groups is 1. The van der Waals surface area contributed by atoms with Crippen LogP contribution in [0.15, 0.2) is 46.9 Å². The highest BCUT2D eigenvalue weighted by atomic mass is 79.9. The van der Waals surface area contributed by atoms with E-state index >= 15 is 0 Å². The molecule has 0 heterocycles. The van der Waals surface area contributed by atoms with Crippen LogP contribution in [0.2, 0.25) is 0 Å². The zero-order valence-electron chi connectivity index (χ0n) is 11.8. The Balaban J connectivity index is 2.31. The SMILES string of the molecule is COc1ccc(C(=O)c2ccc(C(C)C)cc2)c(Br)c1. The van der Waals surface area contributed by atoms with E-state index < -0.39 is 0 Å². The average molecular weight is 333 g/mol. The summed E-state index contributed by atoms with van der Waals surface area (Å²) in [5.74, 6) is 1.20. The third-order valence-corrected chi connectivity index (χ3v) is 3.92. The highest BCUT2D eigenvalue weighted by Crippen LogP contribution is 2.25. The Kier molecular flexibility index (Phi) is 4.61. The van der Waals surface area contributed by atoms with Gasteiger partial charge in [-0.1, -0.05) is 38.1 Å². The third kappa shape index (κ3) is 3.10. The molecule has 0 amide bonds. The second-order valence-electron chi connectivity index (χ2n) is 4.95. The zero-order chi connectivity index (χ0) is 14.7. The van der Waals surface area contributed by atoms with E-state index in [2.05, 4.69) is 29.8 Å². The summed E-state index contributed by atoms with van der Waals surface area (Å²) >= 11 is 3.42. The van der Waals surface area contributed by atoms with E-state index in [9.17, 15) is 4.79 Å². The molecule has 0 saturated carbocycles. The lowest BCUT2D eigenvalue weighted by atomic mass is 9.98. The van der Waals surface area contributed by atoms with Gasteiger partial charge in [-0.25, -0.2) is 0 Å². The van der Waals surface area contributed by atoms with Crippen LogP contribution < -0.4 is 4.74 Å². The van der Waals surface area contributed by atoms with E-state index in [4.69, 9.17) is 4.74 Å². The van der Waals surface area contributed by atoms with Gasteiger partial charge in [0.15, 0.2) is 5.78 Å². The average Bonchev–Trinajstić information content (AvgIpc) is 2.46. The molecule has 3 heteroatoms. The minimum Gasteiger partial charge on any atom is -0.497 e. The molecule has 0 aromatic heterocycles. The molecule has 2 nitrogen and oxygen atoms in total. The number of carbonyl (C=O) groups excluding carboxylic acids is 1. The van der Waals surface area contributed by atoms with E-state index in [-0.39, 0.29) is 5.78 Å². The maximum Gasteiger partial charge on any atom is 0.194 e. The maximum atomic E-state index is 12.5. The molecule has 2 aromatic rings. The van der Waals surface area contributed by atoms with Crippen molar-refractivity contribution in [2.24, 2.45) is 0 Å². The molecule has 104 valence electrons. The Labute approximate surface area is 127 Å². The standard InChI is InChI=1S/C17H17BrO2/c1-11(2)12-4-6-13(7-5-12)17(19)15-9-8-14(20-3)10-16(15)18/h4-11H,1-3H3. The van der Waals surface area contributed by atoms with Crippen molar-refractivity contribution < 1.29 is 9.53 Å².